The number of phosphoric ester groups is 1. The molecule has 1 N–H and O–H groups in total. The van der Waals surface area contributed by atoms with Crippen LogP contribution in [0, 0.1) is 0 Å². The molecule has 0 aromatic rings. The fraction of sp³-hybridized carbons (Fsp3) is 0.581. The van der Waals surface area contributed by atoms with Gasteiger partial charge in [-0.05, 0) is 103 Å². The Morgan fingerprint density at radius 2 is 0.778 bits per heavy atom. The second-order valence-corrected chi connectivity index (χ2v) is 20.3. The molecule has 72 heavy (non-hydrogen) atoms. The molecule has 0 aliphatic rings. The van der Waals surface area contributed by atoms with Crippen LogP contribution in [-0.4, -0.2) is 74.9 Å². The van der Waals surface area contributed by atoms with Crippen molar-refractivity contribution in [2.75, 3.05) is 47.5 Å². The number of likely N-dealkylation sites (N-methyl/N-ethyl adjacent to an activating group) is 1. The summed E-state index contributed by atoms with van der Waals surface area (Å²) in [5.74, 6) is -0.911. The lowest BCUT2D eigenvalue weighted by atomic mass is 10.0. The predicted octanol–water partition coefficient (Wildman–Crippen LogP) is 17.1. The molecule has 2 unspecified atom stereocenters. The van der Waals surface area contributed by atoms with Crippen LogP contribution in [0.25, 0.3) is 0 Å². The van der Waals surface area contributed by atoms with Gasteiger partial charge in [-0.2, -0.15) is 0 Å². The summed E-state index contributed by atoms with van der Waals surface area (Å²) in [4.78, 5) is 35.5. The summed E-state index contributed by atoms with van der Waals surface area (Å²) in [7, 11) is 1.42. The van der Waals surface area contributed by atoms with Crippen molar-refractivity contribution in [2.24, 2.45) is 0 Å². The molecule has 406 valence electrons. The van der Waals surface area contributed by atoms with Gasteiger partial charge in [-0.25, -0.2) is 4.57 Å². The van der Waals surface area contributed by atoms with Crippen LogP contribution in [0.15, 0.2) is 146 Å². The molecule has 9 nitrogen and oxygen atoms in total. The second-order valence-electron chi connectivity index (χ2n) is 18.8. The summed E-state index contributed by atoms with van der Waals surface area (Å²) in [6.07, 6.45) is 76.6. The number of hydrogen-bond donors (Lipinski definition) is 1. The van der Waals surface area contributed by atoms with Gasteiger partial charge in [0.15, 0.2) is 6.10 Å². The van der Waals surface area contributed by atoms with Crippen molar-refractivity contribution in [3.63, 3.8) is 0 Å². The van der Waals surface area contributed by atoms with Crippen LogP contribution in [0.3, 0.4) is 0 Å². The fourth-order valence-corrected chi connectivity index (χ4v) is 7.43. The Bertz CT molecular complexity index is 1720. The third-order valence-electron chi connectivity index (χ3n) is 10.9. The average molecular weight is 1020 g/mol. The zero-order valence-electron chi connectivity index (χ0n) is 45.8. The van der Waals surface area contributed by atoms with Crippen LogP contribution in [0.1, 0.15) is 181 Å². The third kappa shape index (κ3) is 55.2. The first kappa shape index (κ1) is 67.9. The van der Waals surface area contributed by atoms with E-state index in [1.807, 2.05) is 33.3 Å². The number of phosphoric acid groups is 1. The van der Waals surface area contributed by atoms with Crippen molar-refractivity contribution in [3.8, 4) is 0 Å². The molecule has 0 aromatic heterocycles. The molecule has 0 fully saturated rings. The molecule has 0 aliphatic heterocycles. The highest BCUT2D eigenvalue weighted by atomic mass is 31.2. The van der Waals surface area contributed by atoms with Gasteiger partial charge in [0, 0.05) is 12.8 Å². The molecule has 0 spiro atoms. The van der Waals surface area contributed by atoms with Crippen molar-refractivity contribution >= 4 is 19.8 Å². The van der Waals surface area contributed by atoms with Crippen molar-refractivity contribution in [2.45, 2.75) is 187 Å². The lowest BCUT2D eigenvalue weighted by molar-refractivity contribution is -0.870. The van der Waals surface area contributed by atoms with E-state index in [1.165, 1.54) is 38.5 Å². The molecular formula is C62H101NO8P+. The normalized spacial score (nSPS) is 14.5. The summed E-state index contributed by atoms with van der Waals surface area (Å²) >= 11 is 0. The number of rotatable bonds is 48. The predicted molar refractivity (Wildman–Crippen MR) is 307 cm³/mol. The van der Waals surface area contributed by atoms with Crippen molar-refractivity contribution in [3.05, 3.63) is 146 Å². The molecule has 2 atom stereocenters. The number of quaternary nitrogens is 1. The Balaban J connectivity index is 4.18. The Labute approximate surface area is 440 Å². The SMILES string of the molecule is CC/C=C\C/C=C\C/C=C\C/C=C\C/C=C\C/C=C\C/C=C\C/C=C\CCCCCCCCCCCCC(=O)OC(COC(=O)CC/C=C\C/C=C\C/C=C\C/C=C\CC)COP(=O)(O)OCC[N+](C)(C)C. The average Bonchev–Trinajstić information content (AvgIpc) is 3.34. The van der Waals surface area contributed by atoms with Gasteiger partial charge in [-0.1, -0.05) is 211 Å². The molecule has 0 radical (unpaired) electrons. The highest BCUT2D eigenvalue weighted by Crippen LogP contribution is 2.43. The van der Waals surface area contributed by atoms with Crippen LogP contribution in [0.5, 0.6) is 0 Å². The minimum Gasteiger partial charge on any atom is -0.462 e. The Morgan fingerprint density at radius 1 is 0.431 bits per heavy atom. The van der Waals surface area contributed by atoms with Gasteiger partial charge >= 0.3 is 19.8 Å². The van der Waals surface area contributed by atoms with Gasteiger partial charge in [0.05, 0.1) is 27.7 Å². The van der Waals surface area contributed by atoms with E-state index < -0.39 is 32.5 Å². The number of carbonyl (C=O) groups is 2. The maximum Gasteiger partial charge on any atom is 0.472 e. The van der Waals surface area contributed by atoms with Crippen LogP contribution in [-0.2, 0) is 32.7 Å². The van der Waals surface area contributed by atoms with Crippen LogP contribution < -0.4 is 0 Å². The van der Waals surface area contributed by atoms with Crippen molar-refractivity contribution in [1.29, 1.82) is 0 Å². The topological polar surface area (TPSA) is 108 Å². The van der Waals surface area contributed by atoms with Crippen molar-refractivity contribution in [1.82, 2.24) is 0 Å². The minimum atomic E-state index is -4.41. The molecule has 0 rings (SSSR count). The Kier molecular flexibility index (Phi) is 48.8. The van der Waals surface area contributed by atoms with E-state index in [0.29, 0.717) is 23.9 Å². The van der Waals surface area contributed by atoms with E-state index in [2.05, 4.69) is 148 Å². The van der Waals surface area contributed by atoms with Gasteiger partial charge in [0.1, 0.15) is 19.8 Å². The zero-order valence-corrected chi connectivity index (χ0v) is 46.7. The lowest BCUT2D eigenvalue weighted by Crippen LogP contribution is -2.37. The third-order valence-corrected chi connectivity index (χ3v) is 11.9. The molecule has 10 heteroatoms. The molecule has 0 heterocycles. The fourth-order valence-electron chi connectivity index (χ4n) is 6.69. The number of nitrogens with zero attached hydrogens (tertiary/aromatic N) is 1. The molecule has 0 bridgehead atoms. The van der Waals surface area contributed by atoms with E-state index in [4.69, 9.17) is 18.5 Å². The summed E-state index contributed by atoms with van der Waals surface area (Å²) in [6, 6.07) is 0. The van der Waals surface area contributed by atoms with Gasteiger partial charge < -0.3 is 18.9 Å². The summed E-state index contributed by atoms with van der Waals surface area (Å²) in [6.45, 7) is 4.08. The minimum absolute atomic E-state index is 0.0125. The monoisotopic (exact) mass is 1020 g/mol. The van der Waals surface area contributed by atoms with Crippen LogP contribution in [0.4, 0.5) is 0 Å². The van der Waals surface area contributed by atoms with Crippen molar-refractivity contribution < 1.29 is 42.1 Å². The smallest absolute Gasteiger partial charge is 0.462 e. The second kappa shape index (κ2) is 51.8. The number of carbonyl (C=O) groups excluding carboxylic acids is 2. The van der Waals surface area contributed by atoms with E-state index in [0.717, 1.165) is 103 Å². The first-order valence-corrected chi connectivity index (χ1v) is 29.1. The van der Waals surface area contributed by atoms with E-state index >= 15 is 0 Å². The maximum absolute atomic E-state index is 12.8. The largest absolute Gasteiger partial charge is 0.472 e. The molecule has 0 saturated heterocycles. The quantitative estimate of drug-likeness (QED) is 0.0211. The van der Waals surface area contributed by atoms with E-state index in [9.17, 15) is 19.0 Å². The first-order chi connectivity index (χ1) is 35.0. The number of hydrogen-bond acceptors (Lipinski definition) is 7. The maximum atomic E-state index is 12.8. The van der Waals surface area contributed by atoms with Gasteiger partial charge in [-0.15, -0.1) is 0 Å². The molecular weight excluding hydrogens is 918 g/mol. The van der Waals surface area contributed by atoms with Crippen LogP contribution >= 0.6 is 7.82 Å². The zero-order chi connectivity index (χ0) is 52.7. The first-order valence-electron chi connectivity index (χ1n) is 27.6. The summed E-state index contributed by atoms with van der Waals surface area (Å²) in [5, 5.41) is 0. The Morgan fingerprint density at radius 3 is 1.17 bits per heavy atom. The molecule has 0 aliphatic carbocycles. The highest BCUT2D eigenvalue weighted by molar-refractivity contribution is 7.47. The molecule has 0 aromatic carbocycles. The van der Waals surface area contributed by atoms with E-state index in [1.54, 1.807) is 0 Å². The molecule has 0 amide bonds. The van der Waals surface area contributed by atoms with Gasteiger partial charge in [0.2, 0.25) is 0 Å². The van der Waals surface area contributed by atoms with E-state index in [-0.39, 0.29) is 26.1 Å². The lowest BCUT2D eigenvalue weighted by Gasteiger charge is -2.24. The highest BCUT2D eigenvalue weighted by Gasteiger charge is 2.27. The number of unbranched alkanes of at least 4 members (excludes halogenated alkanes) is 10. The summed E-state index contributed by atoms with van der Waals surface area (Å²) in [5.41, 5.74) is 0. The summed E-state index contributed by atoms with van der Waals surface area (Å²) < 4.78 is 34.3. The molecule has 0 saturated carbocycles. The van der Waals surface area contributed by atoms with Gasteiger partial charge in [-0.3, -0.25) is 18.6 Å². The number of allylic oxidation sites excluding steroid dienone is 24. The van der Waals surface area contributed by atoms with Crippen LogP contribution in [0.2, 0.25) is 0 Å². The Hall–Kier alpha value is -4.11. The van der Waals surface area contributed by atoms with Gasteiger partial charge in [0.25, 0.3) is 0 Å². The number of esters is 2. The number of ether oxygens (including phenoxy) is 2. The standard InChI is InChI=1S/C62H100NO8P/c1-6-8-10-12-14-16-18-20-21-22-23-24-25-26-27-28-29-30-31-32-33-34-35-36-37-38-39-40-41-43-45-47-49-51-53-55-62(65)71-60(59-70-72(66,67)69-57-56-63(3,4)5)58-68-61(64)54-52-50-48-46-44-42-19-17-15-13-11-9-7-2/h8-11,14-17,20-21,23-24,26-27,29-30,32-33,35-36,42,44,48,50,60H,6-7,12-13,18-19,22,25,28,31,34,37-41,43,45-47,49,51-59H2,1-5H3/p+1/b10-8-,11-9-,16-14-,17-15-,21-20-,24-23-,27-26-,30-29-,33-32-,36-35-,44-42-,50-48-.